The Hall–Kier alpha value is -2.78. The number of nitrogens with zero attached hydrogens (tertiary/aromatic N) is 5. The second-order valence-corrected chi connectivity index (χ2v) is 11.5. The molecule has 1 saturated carbocycles. The monoisotopic (exact) mass is 533 g/mol. The highest BCUT2D eigenvalue weighted by Gasteiger charge is 2.34. The van der Waals surface area contributed by atoms with Gasteiger partial charge in [0.25, 0.3) is 0 Å². The van der Waals surface area contributed by atoms with Crippen LogP contribution in [0.2, 0.25) is 0 Å². The average molecular weight is 534 g/mol. The van der Waals surface area contributed by atoms with Crippen LogP contribution in [0, 0.1) is 0 Å². The number of nitrogens with one attached hydrogen (secondary N) is 2. The van der Waals surface area contributed by atoms with Crippen LogP contribution < -0.4 is 15.5 Å². The standard InChI is InChI=1S/C28H35N7S2/c1-21-11-6-9-18-35(21)23-19-24(37-27-29-16-10-17-30-27)33-25(32-23)34-26(36)31-20-28(14-7-3-8-15-28)22-12-4-2-5-13-22/h2,4-5,10,12-13,16-17,19,21H,3,6-9,11,14-15,18,20H2,1H3,(H2,31,32,33,34,36). The van der Waals surface area contributed by atoms with Crippen LogP contribution in [0.25, 0.3) is 0 Å². The molecular formula is C28H35N7S2. The topological polar surface area (TPSA) is 78.9 Å². The fourth-order valence-corrected chi connectivity index (χ4v) is 6.40. The first-order valence-electron chi connectivity index (χ1n) is 13.3. The molecule has 0 spiro atoms. The SMILES string of the molecule is CC1CCCCN1c1cc(Sc2ncccn2)nc(NC(=S)NCC2(c3ccccc3)CCCCC2)n1. The maximum Gasteiger partial charge on any atom is 0.232 e. The zero-order valence-electron chi connectivity index (χ0n) is 21.4. The van der Waals surface area contributed by atoms with Crippen molar-refractivity contribution >= 4 is 40.9 Å². The van der Waals surface area contributed by atoms with Crippen LogP contribution in [0.15, 0.2) is 65.0 Å². The normalized spacial score (nSPS) is 19.3. The molecule has 1 aliphatic carbocycles. The molecule has 9 heteroatoms. The number of aromatic nitrogens is 4. The maximum atomic E-state index is 5.75. The number of rotatable bonds is 7. The van der Waals surface area contributed by atoms with Gasteiger partial charge >= 0.3 is 0 Å². The third-order valence-electron chi connectivity index (χ3n) is 7.53. The highest BCUT2D eigenvalue weighted by atomic mass is 32.2. The van der Waals surface area contributed by atoms with Crippen molar-refractivity contribution in [3.8, 4) is 0 Å². The van der Waals surface area contributed by atoms with Crippen molar-refractivity contribution in [1.82, 2.24) is 25.3 Å². The summed E-state index contributed by atoms with van der Waals surface area (Å²) in [5, 5.41) is 8.81. The van der Waals surface area contributed by atoms with Gasteiger partial charge in [-0.1, -0.05) is 49.6 Å². The summed E-state index contributed by atoms with van der Waals surface area (Å²) >= 11 is 7.19. The molecule has 1 unspecified atom stereocenters. The van der Waals surface area contributed by atoms with Gasteiger partial charge in [-0.15, -0.1) is 0 Å². The van der Waals surface area contributed by atoms with E-state index in [1.807, 2.05) is 12.1 Å². The molecule has 2 fully saturated rings. The Morgan fingerprint density at radius 3 is 2.57 bits per heavy atom. The summed E-state index contributed by atoms with van der Waals surface area (Å²) in [6, 6.07) is 15.2. The van der Waals surface area contributed by atoms with Gasteiger partial charge in [0.1, 0.15) is 10.8 Å². The van der Waals surface area contributed by atoms with Crippen molar-refractivity contribution in [2.24, 2.45) is 0 Å². The molecule has 0 bridgehead atoms. The van der Waals surface area contributed by atoms with Gasteiger partial charge in [-0.3, -0.25) is 0 Å². The van der Waals surface area contributed by atoms with E-state index in [-0.39, 0.29) is 5.41 Å². The summed E-state index contributed by atoms with van der Waals surface area (Å²) in [5.74, 6) is 1.42. The zero-order valence-corrected chi connectivity index (χ0v) is 23.0. The molecule has 3 heterocycles. The van der Waals surface area contributed by atoms with Crippen molar-refractivity contribution in [3.05, 3.63) is 60.4 Å². The fraction of sp³-hybridized carbons (Fsp3) is 0.464. The molecule has 37 heavy (non-hydrogen) atoms. The van der Waals surface area contributed by atoms with Crippen molar-refractivity contribution in [1.29, 1.82) is 0 Å². The first-order valence-corrected chi connectivity index (χ1v) is 14.5. The summed E-state index contributed by atoms with van der Waals surface area (Å²) in [4.78, 5) is 20.7. The van der Waals surface area contributed by atoms with E-state index in [2.05, 4.69) is 62.8 Å². The molecule has 0 radical (unpaired) electrons. The highest BCUT2D eigenvalue weighted by Crippen LogP contribution is 2.39. The zero-order chi connectivity index (χ0) is 25.5. The summed E-state index contributed by atoms with van der Waals surface area (Å²) in [6.07, 6.45) is 13.2. The molecule has 1 atom stereocenters. The molecule has 1 saturated heterocycles. The molecule has 7 nitrogen and oxygen atoms in total. The number of benzene rings is 1. The second-order valence-electron chi connectivity index (χ2n) is 10.1. The molecule has 1 aliphatic heterocycles. The Labute approximate surface area is 229 Å². The highest BCUT2D eigenvalue weighted by molar-refractivity contribution is 7.99. The van der Waals surface area contributed by atoms with Crippen molar-refractivity contribution < 1.29 is 0 Å². The van der Waals surface area contributed by atoms with Gasteiger partial charge in [0.2, 0.25) is 5.95 Å². The Morgan fingerprint density at radius 2 is 1.81 bits per heavy atom. The Kier molecular flexibility index (Phi) is 8.51. The van der Waals surface area contributed by atoms with Gasteiger partial charge in [0.05, 0.1) is 0 Å². The van der Waals surface area contributed by atoms with E-state index in [1.165, 1.54) is 68.7 Å². The minimum atomic E-state index is 0.100. The van der Waals surface area contributed by atoms with Crippen LogP contribution in [0.3, 0.4) is 0 Å². The predicted octanol–water partition coefficient (Wildman–Crippen LogP) is 5.99. The van der Waals surface area contributed by atoms with Crippen LogP contribution in [0.4, 0.5) is 11.8 Å². The van der Waals surface area contributed by atoms with Crippen LogP contribution in [-0.4, -0.2) is 44.2 Å². The first kappa shape index (κ1) is 25.9. The first-order chi connectivity index (χ1) is 18.1. The van der Waals surface area contributed by atoms with Crippen molar-refractivity contribution in [3.63, 3.8) is 0 Å². The van der Waals surface area contributed by atoms with Gasteiger partial charge in [-0.05, 0) is 74.6 Å². The molecule has 1 aromatic carbocycles. The molecule has 5 rings (SSSR count). The van der Waals surface area contributed by atoms with E-state index in [9.17, 15) is 0 Å². The third-order valence-corrected chi connectivity index (χ3v) is 8.59. The van der Waals surface area contributed by atoms with Gasteiger partial charge in [0.15, 0.2) is 10.3 Å². The van der Waals surface area contributed by atoms with E-state index in [0.29, 0.717) is 22.3 Å². The molecule has 2 N–H and O–H groups in total. The second kappa shape index (κ2) is 12.2. The Bertz CT molecular complexity index is 1170. The molecule has 3 aromatic rings. The number of anilines is 2. The summed E-state index contributed by atoms with van der Waals surface area (Å²) in [6.45, 7) is 4.05. The molecule has 194 valence electrons. The summed E-state index contributed by atoms with van der Waals surface area (Å²) in [7, 11) is 0. The van der Waals surface area contributed by atoms with Gasteiger partial charge in [-0.25, -0.2) is 15.0 Å². The molecule has 0 amide bonds. The fourth-order valence-electron chi connectivity index (χ4n) is 5.52. The van der Waals surface area contributed by atoms with E-state index < -0.39 is 0 Å². The quantitative estimate of drug-likeness (QED) is 0.216. The lowest BCUT2D eigenvalue weighted by molar-refractivity contribution is 0.292. The van der Waals surface area contributed by atoms with Crippen LogP contribution >= 0.6 is 24.0 Å². The minimum Gasteiger partial charge on any atom is -0.361 e. The minimum absolute atomic E-state index is 0.100. The maximum absolute atomic E-state index is 5.75. The van der Waals surface area contributed by atoms with Crippen molar-refractivity contribution in [2.45, 2.75) is 79.9 Å². The number of piperidine rings is 1. The third kappa shape index (κ3) is 6.57. The number of hydrogen-bond donors (Lipinski definition) is 2. The Balaban J connectivity index is 1.33. The molecular weight excluding hydrogens is 498 g/mol. The lowest BCUT2D eigenvalue weighted by atomic mass is 9.69. The van der Waals surface area contributed by atoms with Crippen LogP contribution in [0.1, 0.15) is 63.9 Å². The van der Waals surface area contributed by atoms with E-state index >= 15 is 0 Å². The lowest BCUT2D eigenvalue weighted by Crippen LogP contribution is -2.43. The van der Waals surface area contributed by atoms with E-state index in [0.717, 1.165) is 23.9 Å². The Morgan fingerprint density at radius 1 is 1.03 bits per heavy atom. The van der Waals surface area contributed by atoms with Crippen molar-refractivity contribution in [2.75, 3.05) is 23.3 Å². The largest absolute Gasteiger partial charge is 0.361 e. The van der Waals surface area contributed by atoms with Gasteiger partial charge < -0.3 is 15.5 Å². The van der Waals surface area contributed by atoms with Crippen LogP contribution in [0.5, 0.6) is 0 Å². The summed E-state index contributed by atoms with van der Waals surface area (Å²) in [5.41, 5.74) is 1.49. The molecule has 2 aromatic heterocycles. The van der Waals surface area contributed by atoms with Gasteiger partial charge in [0, 0.05) is 43.0 Å². The van der Waals surface area contributed by atoms with Crippen LogP contribution in [-0.2, 0) is 5.41 Å². The van der Waals surface area contributed by atoms with E-state index in [1.54, 1.807) is 12.4 Å². The average Bonchev–Trinajstić information content (AvgIpc) is 2.94. The van der Waals surface area contributed by atoms with Gasteiger partial charge in [-0.2, -0.15) is 4.98 Å². The predicted molar refractivity (Wildman–Crippen MR) is 154 cm³/mol. The van der Waals surface area contributed by atoms with E-state index in [4.69, 9.17) is 22.2 Å². The molecule has 2 aliphatic rings. The number of hydrogen-bond acceptors (Lipinski definition) is 7. The summed E-state index contributed by atoms with van der Waals surface area (Å²) < 4.78 is 0. The smallest absolute Gasteiger partial charge is 0.232 e. The lowest BCUT2D eigenvalue weighted by Gasteiger charge is -2.38. The number of thiocarbonyl (C=S) groups is 1.